The Morgan fingerprint density at radius 2 is 2.38 bits per heavy atom. The standard InChI is InChI=1S/C10H18ClNO/c1-8(6-11)7-12-9-3-4-10(5-9)13-2/h6,9-10,12H,3-5,7H2,1-2H3. The van der Waals surface area contributed by atoms with Crippen molar-refractivity contribution < 1.29 is 4.74 Å². The highest BCUT2D eigenvalue weighted by molar-refractivity contribution is 6.25. The van der Waals surface area contributed by atoms with Crippen LogP contribution in [0.1, 0.15) is 26.2 Å². The quantitative estimate of drug-likeness (QED) is 0.757. The van der Waals surface area contributed by atoms with Crippen LogP contribution in [0.3, 0.4) is 0 Å². The molecular formula is C10H18ClNO. The largest absolute Gasteiger partial charge is 0.381 e. The van der Waals surface area contributed by atoms with Gasteiger partial charge in [0.2, 0.25) is 0 Å². The number of nitrogens with one attached hydrogen (secondary N) is 1. The smallest absolute Gasteiger partial charge is 0.0586 e. The minimum atomic E-state index is 0.456. The van der Waals surface area contributed by atoms with Gasteiger partial charge in [0, 0.05) is 25.2 Å². The highest BCUT2D eigenvalue weighted by Crippen LogP contribution is 2.21. The first-order chi connectivity index (χ1) is 6.26. The molecule has 0 saturated heterocycles. The normalized spacial score (nSPS) is 29.6. The highest BCUT2D eigenvalue weighted by atomic mass is 35.5. The van der Waals surface area contributed by atoms with Crippen LogP contribution in [0.4, 0.5) is 0 Å². The number of halogens is 1. The maximum Gasteiger partial charge on any atom is 0.0586 e. The second-order valence-corrected chi connectivity index (χ2v) is 3.92. The third kappa shape index (κ3) is 3.67. The van der Waals surface area contributed by atoms with Gasteiger partial charge in [-0.2, -0.15) is 0 Å². The van der Waals surface area contributed by atoms with Gasteiger partial charge in [-0.15, -0.1) is 0 Å². The Morgan fingerprint density at radius 1 is 1.62 bits per heavy atom. The van der Waals surface area contributed by atoms with E-state index in [-0.39, 0.29) is 0 Å². The molecule has 1 fully saturated rings. The van der Waals surface area contributed by atoms with Crippen LogP contribution in [0.25, 0.3) is 0 Å². The lowest BCUT2D eigenvalue weighted by Gasteiger charge is -2.12. The molecule has 1 saturated carbocycles. The molecular weight excluding hydrogens is 186 g/mol. The number of rotatable bonds is 4. The summed E-state index contributed by atoms with van der Waals surface area (Å²) in [4.78, 5) is 0. The summed E-state index contributed by atoms with van der Waals surface area (Å²) in [5.41, 5.74) is 2.82. The predicted molar refractivity (Wildman–Crippen MR) is 56.0 cm³/mol. The van der Waals surface area contributed by atoms with Crippen molar-refractivity contribution in [1.82, 2.24) is 5.32 Å². The third-order valence-electron chi connectivity index (χ3n) is 2.57. The van der Waals surface area contributed by atoms with Crippen LogP contribution in [0, 0.1) is 0 Å². The molecule has 0 bridgehead atoms. The topological polar surface area (TPSA) is 21.3 Å². The molecule has 76 valence electrons. The van der Waals surface area contributed by atoms with E-state index in [9.17, 15) is 0 Å². The van der Waals surface area contributed by atoms with Crippen LogP contribution >= 0.6 is 11.6 Å². The molecule has 1 aliphatic carbocycles. The van der Waals surface area contributed by atoms with Gasteiger partial charge in [-0.05, 0) is 31.8 Å². The number of hydrogen-bond acceptors (Lipinski definition) is 2. The average molecular weight is 204 g/mol. The summed E-state index contributed by atoms with van der Waals surface area (Å²) in [6.07, 6.45) is 3.98. The molecule has 13 heavy (non-hydrogen) atoms. The monoisotopic (exact) mass is 203 g/mol. The zero-order valence-corrected chi connectivity index (χ0v) is 9.10. The summed E-state index contributed by atoms with van der Waals surface area (Å²) >= 11 is 5.57. The molecule has 2 atom stereocenters. The first-order valence-electron chi connectivity index (χ1n) is 4.78. The molecule has 1 rings (SSSR count). The van der Waals surface area contributed by atoms with E-state index in [0.717, 1.165) is 13.0 Å². The zero-order valence-electron chi connectivity index (χ0n) is 8.35. The molecule has 2 nitrogen and oxygen atoms in total. The summed E-state index contributed by atoms with van der Waals surface area (Å²) in [5, 5.41) is 3.46. The van der Waals surface area contributed by atoms with Gasteiger partial charge in [0.05, 0.1) is 6.10 Å². The third-order valence-corrected chi connectivity index (χ3v) is 2.95. The van der Waals surface area contributed by atoms with Crippen molar-refractivity contribution in [2.45, 2.75) is 38.3 Å². The first kappa shape index (κ1) is 11.0. The van der Waals surface area contributed by atoms with Gasteiger partial charge >= 0.3 is 0 Å². The fourth-order valence-electron chi connectivity index (χ4n) is 1.68. The fourth-order valence-corrected chi connectivity index (χ4v) is 1.76. The van der Waals surface area contributed by atoms with Gasteiger partial charge in [-0.3, -0.25) is 0 Å². The molecule has 0 heterocycles. The SMILES string of the molecule is COC1CCC(NCC(C)=CCl)C1. The maximum absolute atomic E-state index is 5.57. The molecule has 0 aromatic rings. The first-order valence-corrected chi connectivity index (χ1v) is 5.22. The van der Waals surface area contributed by atoms with Crippen molar-refractivity contribution in [2.75, 3.05) is 13.7 Å². The van der Waals surface area contributed by atoms with E-state index >= 15 is 0 Å². The van der Waals surface area contributed by atoms with Crippen molar-refractivity contribution in [2.24, 2.45) is 0 Å². The van der Waals surface area contributed by atoms with E-state index in [1.54, 1.807) is 12.6 Å². The second kappa shape index (κ2) is 5.63. The van der Waals surface area contributed by atoms with E-state index in [1.807, 2.05) is 6.92 Å². The molecule has 1 N–H and O–H groups in total. The summed E-state index contributed by atoms with van der Waals surface area (Å²) in [6, 6.07) is 0.608. The molecule has 0 spiro atoms. The van der Waals surface area contributed by atoms with Gasteiger partial charge in [-0.25, -0.2) is 0 Å². The minimum absolute atomic E-state index is 0.456. The Labute approximate surface area is 85.3 Å². The van der Waals surface area contributed by atoms with Gasteiger partial charge < -0.3 is 10.1 Å². The lowest BCUT2D eigenvalue weighted by molar-refractivity contribution is 0.107. The summed E-state index contributed by atoms with van der Waals surface area (Å²) in [7, 11) is 1.79. The van der Waals surface area contributed by atoms with Gasteiger partial charge in [0.15, 0.2) is 0 Å². The lowest BCUT2D eigenvalue weighted by Crippen LogP contribution is -2.28. The van der Waals surface area contributed by atoms with Gasteiger partial charge in [0.1, 0.15) is 0 Å². The Kier molecular flexibility index (Phi) is 4.78. The zero-order chi connectivity index (χ0) is 9.68. The molecule has 2 unspecified atom stereocenters. The number of methoxy groups -OCH3 is 1. The van der Waals surface area contributed by atoms with Gasteiger partial charge in [0.25, 0.3) is 0 Å². The van der Waals surface area contributed by atoms with Crippen molar-refractivity contribution in [3.63, 3.8) is 0 Å². The van der Waals surface area contributed by atoms with Crippen molar-refractivity contribution in [3.8, 4) is 0 Å². The minimum Gasteiger partial charge on any atom is -0.381 e. The molecule has 0 aromatic heterocycles. The number of hydrogen-bond donors (Lipinski definition) is 1. The lowest BCUT2D eigenvalue weighted by atomic mass is 10.2. The van der Waals surface area contributed by atoms with E-state index < -0.39 is 0 Å². The molecule has 0 aliphatic heterocycles. The van der Waals surface area contributed by atoms with E-state index in [0.29, 0.717) is 12.1 Å². The van der Waals surface area contributed by atoms with Crippen LogP contribution in [-0.2, 0) is 4.74 Å². The Balaban J connectivity index is 2.17. The molecule has 1 aliphatic rings. The van der Waals surface area contributed by atoms with Crippen LogP contribution in [0.5, 0.6) is 0 Å². The average Bonchev–Trinajstić information content (AvgIpc) is 2.61. The van der Waals surface area contributed by atoms with Crippen LogP contribution in [-0.4, -0.2) is 25.8 Å². The predicted octanol–water partition coefficient (Wildman–Crippen LogP) is 2.29. The summed E-state index contributed by atoms with van der Waals surface area (Å²) < 4.78 is 5.29. The van der Waals surface area contributed by atoms with Crippen molar-refractivity contribution in [1.29, 1.82) is 0 Å². The molecule has 3 heteroatoms. The maximum atomic E-state index is 5.57. The van der Waals surface area contributed by atoms with E-state index in [4.69, 9.17) is 16.3 Å². The second-order valence-electron chi connectivity index (χ2n) is 3.70. The Hall–Kier alpha value is -0.0500. The summed E-state index contributed by atoms with van der Waals surface area (Å²) in [5.74, 6) is 0. The van der Waals surface area contributed by atoms with Crippen molar-refractivity contribution >= 4 is 11.6 Å². The summed E-state index contributed by atoms with van der Waals surface area (Å²) in [6.45, 7) is 2.92. The Bertz CT molecular complexity index is 182. The van der Waals surface area contributed by atoms with E-state index in [2.05, 4.69) is 5.32 Å². The van der Waals surface area contributed by atoms with E-state index in [1.165, 1.54) is 18.4 Å². The Morgan fingerprint density at radius 3 is 2.92 bits per heavy atom. The van der Waals surface area contributed by atoms with Crippen molar-refractivity contribution in [3.05, 3.63) is 11.1 Å². The molecule has 0 radical (unpaired) electrons. The van der Waals surface area contributed by atoms with Crippen LogP contribution < -0.4 is 5.32 Å². The molecule has 0 amide bonds. The van der Waals surface area contributed by atoms with Gasteiger partial charge in [-0.1, -0.05) is 11.6 Å². The molecule has 0 aromatic carbocycles. The highest BCUT2D eigenvalue weighted by Gasteiger charge is 2.23. The van der Waals surface area contributed by atoms with Crippen LogP contribution in [0.2, 0.25) is 0 Å². The number of ether oxygens (including phenoxy) is 1. The fraction of sp³-hybridized carbons (Fsp3) is 0.800. The van der Waals surface area contributed by atoms with Crippen LogP contribution in [0.15, 0.2) is 11.1 Å².